The van der Waals surface area contributed by atoms with E-state index in [1.165, 1.54) is 0 Å². The normalized spacial score (nSPS) is 10.5. The summed E-state index contributed by atoms with van der Waals surface area (Å²) in [6, 6.07) is 7.39. The summed E-state index contributed by atoms with van der Waals surface area (Å²) >= 11 is 6.80. The van der Waals surface area contributed by atoms with Crippen LogP contribution >= 0.6 is 31.9 Å². The van der Waals surface area contributed by atoms with Crippen molar-refractivity contribution >= 4 is 31.9 Å². The van der Waals surface area contributed by atoms with Crippen molar-refractivity contribution in [3.63, 3.8) is 0 Å². The van der Waals surface area contributed by atoms with Gasteiger partial charge in [-0.25, -0.2) is 0 Å². The van der Waals surface area contributed by atoms with Crippen LogP contribution in [0.2, 0.25) is 0 Å². The number of hydrogen-bond donors (Lipinski definition) is 1. The van der Waals surface area contributed by atoms with Crippen LogP contribution in [0.15, 0.2) is 39.4 Å². The van der Waals surface area contributed by atoms with Crippen LogP contribution in [0.3, 0.4) is 0 Å². The van der Waals surface area contributed by atoms with E-state index in [0.29, 0.717) is 24.7 Å². The maximum Gasteiger partial charge on any atom is 0.175 e. The van der Waals surface area contributed by atoms with Gasteiger partial charge >= 0.3 is 0 Å². The molecule has 0 aliphatic heterocycles. The van der Waals surface area contributed by atoms with Gasteiger partial charge in [0.25, 0.3) is 0 Å². The van der Waals surface area contributed by atoms with Crippen molar-refractivity contribution in [3.05, 3.63) is 50.7 Å². The Morgan fingerprint density at radius 3 is 2.62 bits per heavy atom. The molecule has 0 saturated heterocycles. The number of halogens is 2. The van der Waals surface area contributed by atoms with Crippen molar-refractivity contribution in [2.24, 2.45) is 0 Å². The molecule has 0 atom stereocenters. The molecule has 6 heteroatoms. The van der Waals surface area contributed by atoms with Gasteiger partial charge in [-0.1, -0.05) is 0 Å². The van der Waals surface area contributed by atoms with E-state index in [1.807, 2.05) is 25.1 Å². The number of pyridine rings is 1. The average molecular weight is 417 g/mol. The smallest absolute Gasteiger partial charge is 0.175 e. The fraction of sp³-hybridized carbons (Fsp3) is 0.267. The Morgan fingerprint density at radius 1 is 1.19 bits per heavy atom. The first-order valence-corrected chi connectivity index (χ1v) is 8.02. The Balaban J connectivity index is 2.19. The van der Waals surface area contributed by atoms with Gasteiger partial charge in [-0.15, -0.1) is 0 Å². The summed E-state index contributed by atoms with van der Waals surface area (Å²) in [7, 11) is 0. The number of aliphatic hydroxyl groups excluding tert-OH is 1. The molecule has 0 bridgehead atoms. The molecule has 1 aromatic carbocycles. The molecule has 0 saturated carbocycles. The third kappa shape index (κ3) is 4.43. The topological polar surface area (TPSA) is 51.6 Å². The lowest BCUT2D eigenvalue weighted by Crippen LogP contribution is -2.02. The number of aliphatic hydroxyl groups is 1. The van der Waals surface area contributed by atoms with Gasteiger partial charge in [0.05, 0.1) is 23.4 Å². The third-order valence-corrected chi connectivity index (χ3v) is 3.76. The molecule has 1 heterocycles. The highest BCUT2D eigenvalue weighted by Crippen LogP contribution is 2.37. The molecule has 2 aromatic rings. The largest absolute Gasteiger partial charge is 0.490 e. The highest BCUT2D eigenvalue weighted by molar-refractivity contribution is 9.10. The summed E-state index contributed by atoms with van der Waals surface area (Å²) < 4.78 is 13.1. The number of ether oxygens (including phenoxy) is 2. The highest BCUT2D eigenvalue weighted by Gasteiger charge is 2.12. The van der Waals surface area contributed by atoms with Gasteiger partial charge in [0.1, 0.15) is 6.61 Å². The Kier molecular flexibility index (Phi) is 6.02. The fourth-order valence-electron chi connectivity index (χ4n) is 1.75. The molecule has 0 unspecified atom stereocenters. The summed E-state index contributed by atoms with van der Waals surface area (Å²) in [6.45, 7) is 2.71. The molecular formula is C15H15Br2NO3. The van der Waals surface area contributed by atoms with Crippen LogP contribution in [0.1, 0.15) is 18.2 Å². The molecule has 0 aliphatic rings. The van der Waals surface area contributed by atoms with E-state index in [1.54, 1.807) is 12.3 Å². The van der Waals surface area contributed by atoms with Gasteiger partial charge in [0, 0.05) is 10.7 Å². The van der Waals surface area contributed by atoms with Gasteiger partial charge in [0.15, 0.2) is 11.5 Å². The van der Waals surface area contributed by atoms with Crippen molar-refractivity contribution in [3.8, 4) is 11.5 Å². The van der Waals surface area contributed by atoms with Crippen LogP contribution in [0.25, 0.3) is 0 Å². The average Bonchev–Trinajstić information content (AvgIpc) is 2.48. The second kappa shape index (κ2) is 7.77. The Bertz CT molecular complexity index is 603. The predicted molar refractivity (Wildman–Crippen MR) is 87.5 cm³/mol. The molecule has 112 valence electrons. The lowest BCUT2D eigenvalue weighted by Gasteiger charge is -2.14. The lowest BCUT2D eigenvalue weighted by molar-refractivity contribution is 0.260. The molecule has 0 radical (unpaired) electrons. The van der Waals surface area contributed by atoms with Crippen molar-refractivity contribution in [2.75, 3.05) is 6.61 Å². The molecule has 0 spiro atoms. The van der Waals surface area contributed by atoms with E-state index in [9.17, 15) is 5.11 Å². The van der Waals surface area contributed by atoms with Crippen LogP contribution in [-0.4, -0.2) is 16.7 Å². The molecule has 21 heavy (non-hydrogen) atoms. The number of nitrogens with zero attached hydrogens (tertiary/aromatic N) is 1. The summed E-state index contributed by atoms with van der Waals surface area (Å²) in [5.41, 5.74) is 1.58. The molecule has 0 aliphatic carbocycles. The number of aromatic nitrogens is 1. The summed E-state index contributed by atoms with van der Waals surface area (Å²) in [6.07, 6.45) is 1.73. The Morgan fingerprint density at radius 2 is 2.00 bits per heavy atom. The fourth-order valence-corrected chi connectivity index (χ4v) is 2.59. The molecule has 4 nitrogen and oxygen atoms in total. The number of rotatable bonds is 6. The SMILES string of the molecule is CCOc1cc(CO)cc(Br)c1OCc1ccc(Br)cn1. The van der Waals surface area contributed by atoms with Gasteiger partial charge in [-0.3, -0.25) is 4.98 Å². The maximum atomic E-state index is 9.25. The van der Waals surface area contributed by atoms with Crippen LogP contribution in [0, 0.1) is 0 Å². The highest BCUT2D eigenvalue weighted by atomic mass is 79.9. The van der Waals surface area contributed by atoms with Crippen molar-refractivity contribution in [1.82, 2.24) is 4.98 Å². The van der Waals surface area contributed by atoms with E-state index in [2.05, 4.69) is 36.8 Å². The van der Waals surface area contributed by atoms with Gasteiger partial charge in [-0.2, -0.15) is 0 Å². The van der Waals surface area contributed by atoms with E-state index >= 15 is 0 Å². The summed E-state index contributed by atoms with van der Waals surface area (Å²) in [4.78, 5) is 4.26. The first-order chi connectivity index (χ1) is 10.1. The number of benzene rings is 1. The molecule has 0 fully saturated rings. The Hall–Kier alpha value is -1.11. The van der Waals surface area contributed by atoms with Crippen LogP contribution in [0.5, 0.6) is 11.5 Å². The van der Waals surface area contributed by atoms with E-state index in [-0.39, 0.29) is 6.61 Å². The van der Waals surface area contributed by atoms with E-state index in [4.69, 9.17) is 9.47 Å². The maximum absolute atomic E-state index is 9.25. The predicted octanol–water partition coefficient (Wildman–Crippen LogP) is 4.08. The van der Waals surface area contributed by atoms with Crippen molar-refractivity contribution < 1.29 is 14.6 Å². The van der Waals surface area contributed by atoms with Gasteiger partial charge in [0.2, 0.25) is 0 Å². The minimum Gasteiger partial charge on any atom is -0.490 e. The first kappa shape index (κ1) is 16.3. The minimum absolute atomic E-state index is 0.0484. The lowest BCUT2D eigenvalue weighted by atomic mass is 10.2. The van der Waals surface area contributed by atoms with Crippen molar-refractivity contribution in [1.29, 1.82) is 0 Å². The third-order valence-electron chi connectivity index (χ3n) is 2.70. The van der Waals surface area contributed by atoms with E-state index < -0.39 is 0 Å². The first-order valence-electron chi connectivity index (χ1n) is 6.43. The molecular weight excluding hydrogens is 402 g/mol. The van der Waals surface area contributed by atoms with Crippen molar-refractivity contribution in [2.45, 2.75) is 20.1 Å². The standard InChI is InChI=1S/C15H15Br2NO3/c1-2-20-14-6-10(8-19)5-13(17)15(14)21-9-12-4-3-11(16)7-18-12/h3-7,19H,2,8-9H2,1H3. The summed E-state index contributed by atoms with van der Waals surface area (Å²) in [5.74, 6) is 1.21. The van der Waals surface area contributed by atoms with E-state index in [0.717, 1.165) is 20.2 Å². The monoisotopic (exact) mass is 415 g/mol. The second-order valence-electron chi connectivity index (χ2n) is 4.25. The minimum atomic E-state index is -0.0484. The van der Waals surface area contributed by atoms with Crippen LogP contribution < -0.4 is 9.47 Å². The van der Waals surface area contributed by atoms with Crippen LogP contribution in [0.4, 0.5) is 0 Å². The zero-order valence-electron chi connectivity index (χ0n) is 11.5. The van der Waals surface area contributed by atoms with Gasteiger partial charge < -0.3 is 14.6 Å². The quantitative estimate of drug-likeness (QED) is 0.770. The molecule has 1 aromatic heterocycles. The molecule has 2 rings (SSSR count). The zero-order chi connectivity index (χ0) is 15.2. The number of hydrogen-bond acceptors (Lipinski definition) is 4. The second-order valence-corrected chi connectivity index (χ2v) is 6.02. The van der Waals surface area contributed by atoms with Crippen LogP contribution in [-0.2, 0) is 13.2 Å². The Labute approximate surface area is 140 Å². The van der Waals surface area contributed by atoms with Gasteiger partial charge in [-0.05, 0) is 68.6 Å². The molecule has 0 amide bonds. The summed E-state index contributed by atoms with van der Waals surface area (Å²) in [5, 5.41) is 9.25. The molecule has 1 N–H and O–H groups in total. The zero-order valence-corrected chi connectivity index (χ0v) is 14.6.